The second-order valence-electron chi connectivity index (χ2n) is 5.35. The van der Waals surface area contributed by atoms with Gasteiger partial charge in [-0.05, 0) is 30.7 Å². The molecule has 0 aliphatic heterocycles. The minimum absolute atomic E-state index is 0.260. The van der Waals surface area contributed by atoms with Gasteiger partial charge in [0.25, 0.3) is 0 Å². The van der Waals surface area contributed by atoms with Crippen LogP contribution in [0.2, 0.25) is 0 Å². The predicted octanol–water partition coefficient (Wildman–Crippen LogP) is 2.14. The van der Waals surface area contributed by atoms with Crippen LogP contribution in [0.4, 0.5) is 5.69 Å². The van der Waals surface area contributed by atoms with Crippen LogP contribution < -0.4 is 20.5 Å². The van der Waals surface area contributed by atoms with E-state index in [-0.39, 0.29) is 5.96 Å². The number of hydrogen-bond donors (Lipinski definition) is 3. The number of rotatable bonds is 8. The summed E-state index contributed by atoms with van der Waals surface area (Å²) in [5, 5.41) is 2.98. The summed E-state index contributed by atoms with van der Waals surface area (Å²) in [6.07, 6.45) is 1.68. The van der Waals surface area contributed by atoms with Gasteiger partial charge < -0.3 is 15.8 Å². The highest BCUT2D eigenvalue weighted by Gasteiger charge is 2.01. The van der Waals surface area contributed by atoms with E-state index in [2.05, 4.69) is 15.0 Å². The highest BCUT2D eigenvalue weighted by atomic mass is 32.2. The molecular formula is C17H22N4O3S. The quantitative estimate of drug-likeness (QED) is 0.379. The van der Waals surface area contributed by atoms with E-state index in [0.29, 0.717) is 25.3 Å². The molecule has 0 bridgehead atoms. The number of nitrogens with zero attached hydrogens (tertiary/aromatic N) is 1. The highest BCUT2D eigenvalue weighted by Crippen LogP contribution is 2.23. The molecule has 8 heteroatoms. The minimum atomic E-state index is -3.16. The Hall–Kier alpha value is -2.58. The van der Waals surface area contributed by atoms with E-state index in [4.69, 9.17) is 10.5 Å². The molecule has 2 rings (SSSR count). The maximum atomic E-state index is 10.9. The summed E-state index contributed by atoms with van der Waals surface area (Å²) >= 11 is 0. The van der Waals surface area contributed by atoms with Crippen LogP contribution in [0.25, 0.3) is 0 Å². The maximum Gasteiger partial charge on any atom is 0.208 e. The molecule has 0 aliphatic carbocycles. The Morgan fingerprint density at radius 3 is 2.56 bits per heavy atom. The zero-order valence-corrected chi connectivity index (χ0v) is 14.8. The van der Waals surface area contributed by atoms with Crippen molar-refractivity contribution < 1.29 is 13.2 Å². The lowest BCUT2D eigenvalue weighted by Crippen LogP contribution is -2.25. The molecular weight excluding hydrogens is 340 g/mol. The highest BCUT2D eigenvalue weighted by molar-refractivity contribution is 7.88. The number of para-hydroxylation sites is 1. The summed E-state index contributed by atoms with van der Waals surface area (Å²) in [4.78, 5) is 4.16. The second-order valence-corrected chi connectivity index (χ2v) is 7.19. The molecule has 0 atom stereocenters. The average molecular weight is 362 g/mol. The fraction of sp³-hybridized carbons (Fsp3) is 0.235. The van der Waals surface area contributed by atoms with Crippen molar-refractivity contribution in [3.8, 4) is 11.5 Å². The summed E-state index contributed by atoms with van der Waals surface area (Å²) in [5.41, 5.74) is 6.59. The van der Waals surface area contributed by atoms with Crippen molar-refractivity contribution in [1.82, 2.24) is 4.72 Å². The number of hydrogen-bond acceptors (Lipinski definition) is 4. The van der Waals surface area contributed by atoms with Gasteiger partial charge in [0.1, 0.15) is 11.5 Å². The number of guanidine groups is 1. The first-order chi connectivity index (χ1) is 11.9. The summed E-state index contributed by atoms with van der Waals surface area (Å²) in [6, 6.07) is 16.9. The normalized spacial score (nSPS) is 12.0. The molecule has 4 N–H and O–H groups in total. The van der Waals surface area contributed by atoms with Crippen molar-refractivity contribution in [3.63, 3.8) is 0 Å². The van der Waals surface area contributed by atoms with Gasteiger partial charge in [-0.25, -0.2) is 13.1 Å². The topological polar surface area (TPSA) is 106 Å². The lowest BCUT2D eigenvalue weighted by molar-refractivity contribution is 0.483. The fourth-order valence-electron chi connectivity index (χ4n) is 1.99. The fourth-order valence-corrected chi connectivity index (χ4v) is 2.50. The minimum Gasteiger partial charge on any atom is -0.457 e. The molecule has 0 saturated heterocycles. The van der Waals surface area contributed by atoms with Crippen molar-refractivity contribution in [2.45, 2.75) is 6.42 Å². The molecule has 2 aromatic rings. The molecule has 2 aromatic carbocycles. The Labute approximate surface area is 148 Å². The van der Waals surface area contributed by atoms with Crippen LogP contribution in [0.1, 0.15) is 6.42 Å². The predicted molar refractivity (Wildman–Crippen MR) is 101 cm³/mol. The van der Waals surface area contributed by atoms with E-state index in [1.807, 2.05) is 54.6 Å². The van der Waals surface area contributed by atoms with Crippen LogP contribution >= 0.6 is 0 Å². The third kappa shape index (κ3) is 7.69. The van der Waals surface area contributed by atoms with Gasteiger partial charge in [-0.1, -0.05) is 24.3 Å². The summed E-state index contributed by atoms with van der Waals surface area (Å²) in [7, 11) is -3.16. The van der Waals surface area contributed by atoms with Gasteiger partial charge in [-0.15, -0.1) is 0 Å². The first-order valence-electron chi connectivity index (χ1n) is 7.77. The molecule has 0 aliphatic rings. The molecule has 0 aromatic heterocycles. The number of benzene rings is 2. The molecule has 0 spiro atoms. The summed E-state index contributed by atoms with van der Waals surface area (Å²) < 4.78 is 30.0. The molecule has 0 radical (unpaired) electrons. The van der Waals surface area contributed by atoms with E-state index in [9.17, 15) is 8.42 Å². The number of aliphatic imine (C=N–C) groups is 1. The number of sulfonamides is 1. The van der Waals surface area contributed by atoms with E-state index in [0.717, 1.165) is 17.7 Å². The van der Waals surface area contributed by atoms with Crippen LogP contribution in [0.3, 0.4) is 0 Å². The number of anilines is 1. The Morgan fingerprint density at radius 1 is 1.12 bits per heavy atom. The van der Waals surface area contributed by atoms with Crippen LogP contribution in [0.5, 0.6) is 11.5 Å². The van der Waals surface area contributed by atoms with Crippen molar-refractivity contribution >= 4 is 21.7 Å². The largest absolute Gasteiger partial charge is 0.457 e. The van der Waals surface area contributed by atoms with Crippen LogP contribution in [-0.2, 0) is 10.0 Å². The van der Waals surface area contributed by atoms with Crippen molar-refractivity contribution in [1.29, 1.82) is 0 Å². The van der Waals surface area contributed by atoms with E-state index in [1.165, 1.54) is 0 Å². The molecule has 0 unspecified atom stereocenters. The molecule has 7 nitrogen and oxygen atoms in total. The van der Waals surface area contributed by atoms with Crippen molar-refractivity contribution in [2.24, 2.45) is 10.7 Å². The molecule has 0 amide bonds. The van der Waals surface area contributed by atoms with Crippen molar-refractivity contribution in [2.75, 3.05) is 24.7 Å². The van der Waals surface area contributed by atoms with Gasteiger partial charge >= 0.3 is 0 Å². The maximum absolute atomic E-state index is 10.9. The average Bonchev–Trinajstić information content (AvgIpc) is 2.55. The van der Waals surface area contributed by atoms with Crippen molar-refractivity contribution in [3.05, 3.63) is 54.6 Å². The van der Waals surface area contributed by atoms with Crippen LogP contribution in [0.15, 0.2) is 59.6 Å². The third-order valence-electron chi connectivity index (χ3n) is 3.07. The Kier molecular flexibility index (Phi) is 6.79. The lowest BCUT2D eigenvalue weighted by atomic mass is 10.3. The third-order valence-corrected chi connectivity index (χ3v) is 3.80. The Bertz CT molecular complexity index is 808. The number of nitrogens with two attached hydrogens (primary N) is 1. The Morgan fingerprint density at radius 2 is 1.84 bits per heavy atom. The first kappa shape index (κ1) is 18.8. The molecule has 134 valence electrons. The van der Waals surface area contributed by atoms with Gasteiger partial charge in [0.2, 0.25) is 10.0 Å². The molecule has 0 fully saturated rings. The van der Waals surface area contributed by atoms with Gasteiger partial charge in [0, 0.05) is 24.8 Å². The number of ether oxygens (including phenoxy) is 1. The zero-order valence-electron chi connectivity index (χ0n) is 14.0. The first-order valence-corrected chi connectivity index (χ1v) is 9.66. The van der Waals surface area contributed by atoms with Gasteiger partial charge in [0.05, 0.1) is 6.26 Å². The van der Waals surface area contributed by atoms with Gasteiger partial charge in [0.15, 0.2) is 5.96 Å². The number of nitrogens with one attached hydrogen (secondary N) is 2. The van der Waals surface area contributed by atoms with E-state index >= 15 is 0 Å². The smallest absolute Gasteiger partial charge is 0.208 e. The van der Waals surface area contributed by atoms with E-state index in [1.54, 1.807) is 0 Å². The SMILES string of the molecule is CS(=O)(=O)NCCCN=C(N)Nc1cccc(Oc2ccccc2)c1. The standard InChI is InChI=1S/C17H22N4O3S/c1-25(22,23)20-12-6-11-19-17(18)21-14-7-5-10-16(13-14)24-15-8-3-2-4-9-15/h2-5,7-10,13,20H,6,11-12H2,1H3,(H3,18,19,21). The van der Waals surface area contributed by atoms with Crippen LogP contribution in [0, 0.1) is 0 Å². The monoisotopic (exact) mass is 362 g/mol. The summed E-state index contributed by atoms with van der Waals surface area (Å²) in [6.45, 7) is 0.748. The van der Waals surface area contributed by atoms with Gasteiger partial charge in [-0.3, -0.25) is 4.99 Å². The lowest BCUT2D eigenvalue weighted by Gasteiger charge is -2.09. The molecule has 0 saturated carbocycles. The Balaban J connectivity index is 1.85. The summed E-state index contributed by atoms with van der Waals surface area (Å²) in [5.74, 6) is 1.69. The molecule has 25 heavy (non-hydrogen) atoms. The van der Waals surface area contributed by atoms with Gasteiger partial charge in [-0.2, -0.15) is 0 Å². The second kappa shape index (κ2) is 9.05. The van der Waals surface area contributed by atoms with Crippen LogP contribution in [-0.4, -0.2) is 33.7 Å². The molecule has 0 heterocycles. The van der Waals surface area contributed by atoms with E-state index < -0.39 is 10.0 Å². The zero-order chi connectivity index (χ0) is 18.1.